The third kappa shape index (κ3) is 2.46. The maximum atomic E-state index is 4.70. The molecular weight excluding hydrogens is 268 g/mol. The zero-order chi connectivity index (χ0) is 14.1. The number of rotatable bonds is 3. The Labute approximate surface area is 124 Å². The average molecular weight is 290 g/mol. The van der Waals surface area contributed by atoms with Crippen LogP contribution in [0, 0.1) is 5.92 Å². The van der Waals surface area contributed by atoms with E-state index in [4.69, 9.17) is 4.98 Å². The van der Waals surface area contributed by atoms with Crippen LogP contribution >= 0.6 is 11.3 Å². The monoisotopic (exact) mass is 290 g/mol. The summed E-state index contributed by atoms with van der Waals surface area (Å²) >= 11 is 1.68. The van der Waals surface area contributed by atoms with Crippen molar-refractivity contribution >= 4 is 33.3 Å². The Kier molecular flexibility index (Phi) is 3.78. The molecule has 0 unspecified atom stereocenters. The molecule has 108 valence electrons. The van der Waals surface area contributed by atoms with Crippen molar-refractivity contribution in [3.8, 4) is 0 Å². The zero-order valence-electron chi connectivity index (χ0n) is 12.4. The Hall–Kier alpha value is -1.36. The Morgan fingerprint density at radius 3 is 2.70 bits per heavy atom. The molecule has 2 aromatic rings. The van der Waals surface area contributed by atoms with E-state index in [-0.39, 0.29) is 0 Å². The van der Waals surface area contributed by atoms with Crippen molar-refractivity contribution in [2.75, 3.05) is 24.3 Å². The maximum Gasteiger partial charge on any atom is 0.225 e. The van der Waals surface area contributed by atoms with Gasteiger partial charge in [-0.15, -0.1) is 11.3 Å². The molecule has 3 rings (SSSR count). The van der Waals surface area contributed by atoms with Gasteiger partial charge in [-0.1, -0.05) is 6.92 Å². The van der Waals surface area contributed by atoms with E-state index in [0.717, 1.165) is 16.6 Å². The molecule has 0 aliphatic heterocycles. The first kappa shape index (κ1) is 13.6. The smallest absolute Gasteiger partial charge is 0.225 e. The van der Waals surface area contributed by atoms with Crippen molar-refractivity contribution in [1.82, 2.24) is 9.97 Å². The van der Waals surface area contributed by atoms with Crippen molar-refractivity contribution in [2.45, 2.75) is 38.6 Å². The predicted octanol–water partition coefficient (Wildman–Crippen LogP) is 3.75. The quantitative estimate of drug-likeness (QED) is 0.934. The number of anilines is 2. The molecule has 1 aliphatic carbocycles. The fourth-order valence-electron chi connectivity index (χ4n) is 3.02. The molecule has 1 saturated carbocycles. The molecule has 0 saturated heterocycles. The predicted molar refractivity (Wildman–Crippen MR) is 86.8 cm³/mol. The number of aromatic nitrogens is 2. The van der Waals surface area contributed by atoms with Crippen molar-refractivity contribution in [3.05, 3.63) is 11.4 Å². The average Bonchev–Trinajstić information content (AvgIpc) is 2.94. The molecule has 0 spiro atoms. The van der Waals surface area contributed by atoms with E-state index in [1.807, 2.05) is 7.05 Å². The van der Waals surface area contributed by atoms with Gasteiger partial charge in [-0.2, -0.15) is 4.98 Å². The van der Waals surface area contributed by atoms with Gasteiger partial charge in [0.05, 0.1) is 5.39 Å². The van der Waals surface area contributed by atoms with Crippen LogP contribution in [-0.2, 0) is 0 Å². The summed E-state index contributed by atoms with van der Waals surface area (Å²) in [7, 11) is 4.06. The molecule has 2 heterocycles. The van der Waals surface area contributed by atoms with Crippen LogP contribution in [0.15, 0.2) is 11.4 Å². The third-order valence-electron chi connectivity index (χ3n) is 4.40. The summed E-state index contributed by atoms with van der Waals surface area (Å²) in [6.07, 6.45) is 5.18. The second-order valence-corrected chi connectivity index (χ2v) is 6.68. The molecular formula is C15H22N4S. The topological polar surface area (TPSA) is 41.1 Å². The van der Waals surface area contributed by atoms with Crippen LogP contribution in [-0.4, -0.2) is 30.1 Å². The van der Waals surface area contributed by atoms with Gasteiger partial charge in [0.25, 0.3) is 0 Å². The first-order valence-corrected chi connectivity index (χ1v) is 8.23. The summed E-state index contributed by atoms with van der Waals surface area (Å²) in [6, 6.07) is 2.74. The highest BCUT2D eigenvalue weighted by atomic mass is 32.1. The van der Waals surface area contributed by atoms with Gasteiger partial charge in [0.1, 0.15) is 10.6 Å². The lowest BCUT2D eigenvalue weighted by Gasteiger charge is -2.34. The van der Waals surface area contributed by atoms with Gasteiger partial charge in [-0.25, -0.2) is 4.98 Å². The fourth-order valence-corrected chi connectivity index (χ4v) is 3.78. The highest BCUT2D eigenvalue weighted by Crippen LogP contribution is 2.33. The molecule has 0 aromatic carbocycles. The van der Waals surface area contributed by atoms with Crippen LogP contribution in [0.3, 0.4) is 0 Å². The molecule has 1 N–H and O–H groups in total. The van der Waals surface area contributed by atoms with Gasteiger partial charge < -0.3 is 10.2 Å². The van der Waals surface area contributed by atoms with Crippen LogP contribution in [0.1, 0.15) is 32.6 Å². The summed E-state index contributed by atoms with van der Waals surface area (Å²) in [5.74, 6) is 2.66. The lowest BCUT2D eigenvalue weighted by Crippen LogP contribution is -2.35. The van der Waals surface area contributed by atoms with Gasteiger partial charge in [-0.05, 0) is 43.0 Å². The van der Waals surface area contributed by atoms with E-state index in [0.29, 0.717) is 12.0 Å². The van der Waals surface area contributed by atoms with Crippen LogP contribution in [0.4, 0.5) is 11.8 Å². The van der Waals surface area contributed by atoms with Crippen LogP contribution in [0.5, 0.6) is 0 Å². The van der Waals surface area contributed by atoms with Gasteiger partial charge in [0, 0.05) is 20.1 Å². The lowest BCUT2D eigenvalue weighted by atomic mass is 9.87. The molecule has 0 atom stereocenters. The standard InChI is InChI=1S/C15H22N4S/c1-10-4-6-11(7-5-10)19(3)13-12-8-9-20-14(12)18-15(16-2)17-13/h8-11H,4-7H2,1-3H3,(H,16,17,18). The summed E-state index contributed by atoms with van der Waals surface area (Å²) in [6.45, 7) is 2.36. The number of nitrogens with zero attached hydrogens (tertiary/aromatic N) is 3. The van der Waals surface area contributed by atoms with Crippen molar-refractivity contribution in [2.24, 2.45) is 5.92 Å². The molecule has 5 heteroatoms. The van der Waals surface area contributed by atoms with Crippen molar-refractivity contribution < 1.29 is 0 Å². The molecule has 1 aliphatic rings. The van der Waals surface area contributed by atoms with E-state index < -0.39 is 0 Å². The van der Waals surface area contributed by atoms with Gasteiger partial charge >= 0.3 is 0 Å². The second-order valence-electron chi connectivity index (χ2n) is 5.78. The van der Waals surface area contributed by atoms with Gasteiger partial charge in [0.2, 0.25) is 5.95 Å². The maximum absolute atomic E-state index is 4.70. The molecule has 0 amide bonds. The van der Waals surface area contributed by atoms with Crippen molar-refractivity contribution in [1.29, 1.82) is 0 Å². The number of fused-ring (bicyclic) bond motifs is 1. The number of hydrogen-bond donors (Lipinski definition) is 1. The number of nitrogens with one attached hydrogen (secondary N) is 1. The Balaban J connectivity index is 1.93. The van der Waals surface area contributed by atoms with E-state index in [1.54, 1.807) is 11.3 Å². The summed E-state index contributed by atoms with van der Waals surface area (Å²) in [5.41, 5.74) is 0. The molecule has 20 heavy (non-hydrogen) atoms. The molecule has 1 fully saturated rings. The summed E-state index contributed by atoms with van der Waals surface area (Å²) in [5, 5.41) is 6.34. The van der Waals surface area contributed by atoms with Crippen LogP contribution in [0.2, 0.25) is 0 Å². The largest absolute Gasteiger partial charge is 0.357 e. The Morgan fingerprint density at radius 1 is 1.25 bits per heavy atom. The number of thiophene rings is 1. The lowest BCUT2D eigenvalue weighted by molar-refractivity contribution is 0.340. The van der Waals surface area contributed by atoms with Crippen molar-refractivity contribution in [3.63, 3.8) is 0 Å². The highest BCUT2D eigenvalue weighted by Gasteiger charge is 2.24. The summed E-state index contributed by atoms with van der Waals surface area (Å²) in [4.78, 5) is 12.6. The molecule has 4 nitrogen and oxygen atoms in total. The highest BCUT2D eigenvalue weighted by molar-refractivity contribution is 7.16. The SMILES string of the molecule is CNc1nc(N(C)C2CCC(C)CC2)c2ccsc2n1. The minimum atomic E-state index is 0.605. The first-order valence-electron chi connectivity index (χ1n) is 7.35. The Morgan fingerprint density at radius 2 is 2.00 bits per heavy atom. The normalized spacial score (nSPS) is 22.9. The zero-order valence-corrected chi connectivity index (χ0v) is 13.2. The third-order valence-corrected chi connectivity index (χ3v) is 5.20. The second kappa shape index (κ2) is 5.56. The van der Waals surface area contributed by atoms with Gasteiger partial charge in [0.15, 0.2) is 0 Å². The minimum absolute atomic E-state index is 0.605. The molecule has 0 bridgehead atoms. The van der Waals surface area contributed by atoms with E-state index in [2.05, 4.69) is 40.6 Å². The fraction of sp³-hybridized carbons (Fsp3) is 0.600. The Bertz CT molecular complexity index is 587. The van der Waals surface area contributed by atoms with Crippen LogP contribution < -0.4 is 10.2 Å². The van der Waals surface area contributed by atoms with E-state index >= 15 is 0 Å². The first-order chi connectivity index (χ1) is 9.69. The van der Waals surface area contributed by atoms with Gasteiger partial charge in [-0.3, -0.25) is 0 Å². The minimum Gasteiger partial charge on any atom is -0.357 e. The number of hydrogen-bond acceptors (Lipinski definition) is 5. The molecule has 0 radical (unpaired) electrons. The molecule has 2 aromatic heterocycles. The summed E-state index contributed by atoms with van der Waals surface area (Å²) < 4.78 is 0. The van der Waals surface area contributed by atoms with Crippen LogP contribution in [0.25, 0.3) is 10.2 Å². The van der Waals surface area contributed by atoms with E-state index in [9.17, 15) is 0 Å². The van der Waals surface area contributed by atoms with E-state index in [1.165, 1.54) is 31.1 Å².